The zero-order valence-corrected chi connectivity index (χ0v) is 10.1. The molecule has 1 atom stereocenters. The fraction of sp³-hybridized carbons (Fsp3) is 0.800. The quantitative estimate of drug-likeness (QED) is 0.681. The highest BCUT2D eigenvalue weighted by molar-refractivity contribution is 7.89. The van der Waals surface area contributed by atoms with Gasteiger partial charge in [0.25, 0.3) is 0 Å². The van der Waals surface area contributed by atoms with Gasteiger partial charge in [0.2, 0.25) is 10.0 Å². The Morgan fingerprint density at radius 3 is 2.93 bits per heavy atom. The second-order valence-corrected chi connectivity index (χ2v) is 5.90. The first kappa shape index (κ1) is 12.7. The maximum absolute atomic E-state index is 11.9. The maximum atomic E-state index is 11.9. The molecule has 1 fully saturated rings. The summed E-state index contributed by atoms with van der Waals surface area (Å²) in [4.78, 5) is 0. The molecule has 1 rings (SSSR count). The molecular weight excluding hydrogens is 212 g/mol. The fourth-order valence-corrected chi connectivity index (χ4v) is 3.71. The Hall–Kier alpha value is -0.390. The van der Waals surface area contributed by atoms with Gasteiger partial charge in [0.1, 0.15) is 0 Å². The summed E-state index contributed by atoms with van der Waals surface area (Å²) in [5, 5.41) is 3.04. The van der Waals surface area contributed by atoms with Crippen LogP contribution >= 0.6 is 0 Å². The third-order valence-corrected chi connectivity index (χ3v) is 4.65. The van der Waals surface area contributed by atoms with Crippen molar-refractivity contribution in [2.24, 2.45) is 0 Å². The molecule has 0 aromatic rings. The molecule has 5 heteroatoms. The van der Waals surface area contributed by atoms with E-state index in [4.69, 9.17) is 0 Å². The number of nitrogens with zero attached hydrogens (tertiary/aromatic N) is 1. The van der Waals surface area contributed by atoms with Gasteiger partial charge in [0.15, 0.2) is 0 Å². The highest BCUT2D eigenvalue weighted by Crippen LogP contribution is 2.21. The van der Waals surface area contributed by atoms with E-state index in [0.717, 1.165) is 19.4 Å². The summed E-state index contributed by atoms with van der Waals surface area (Å²) in [5.41, 5.74) is 0. The number of likely N-dealkylation sites (N-methyl/N-ethyl adjacent to an activating group) is 1. The van der Waals surface area contributed by atoms with Crippen molar-refractivity contribution >= 4 is 10.0 Å². The van der Waals surface area contributed by atoms with Gasteiger partial charge < -0.3 is 5.32 Å². The van der Waals surface area contributed by atoms with Gasteiger partial charge in [0, 0.05) is 19.1 Å². The van der Waals surface area contributed by atoms with Crippen molar-refractivity contribution in [1.82, 2.24) is 9.62 Å². The molecule has 0 radical (unpaired) electrons. The Kier molecular flexibility index (Phi) is 4.76. The summed E-state index contributed by atoms with van der Waals surface area (Å²) in [6, 6.07) is 0.143. The first-order valence-electron chi connectivity index (χ1n) is 5.37. The molecule has 1 aliphatic rings. The Morgan fingerprint density at radius 1 is 1.60 bits per heavy atom. The summed E-state index contributed by atoms with van der Waals surface area (Å²) in [6.07, 6.45) is 4.12. The Balaban J connectivity index is 2.64. The van der Waals surface area contributed by atoms with E-state index in [1.807, 2.05) is 7.05 Å². The molecular formula is C10H20N2O2S. The van der Waals surface area contributed by atoms with Gasteiger partial charge in [-0.15, -0.1) is 6.58 Å². The van der Waals surface area contributed by atoms with Gasteiger partial charge >= 0.3 is 0 Å². The minimum atomic E-state index is -3.07. The van der Waals surface area contributed by atoms with Crippen LogP contribution in [0.25, 0.3) is 0 Å². The lowest BCUT2D eigenvalue weighted by Gasteiger charge is -2.23. The molecule has 0 bridgehead atoms. The average Bonchev–Trinajstić information content (AvgIpc) is 2.64. The van der Waals surface area contributed by atoms with Crippen LogP contribution in [-0.2, 0) is 10.0 Å². The molecule has 1 unspecified atom stereocenters. The van der Waals surface area contributed by atoms with Crippen LogP contribution in [0.2, 0.25) is 0 Å². The maximum Gasteiger partial charge on any atom is 0.214 e. The van der Waals surface area contributed by atoms with Crippen LogP contribution in [0.5, 0.6) is 0 Å². The number of hydrogen-bond acceptors (Lipinski definition) is 3. The van der Waals surface area contributed by atoms with E-state index in [9.17, 15) is 8.42 Å². The number of allylic oxidation sites excluding steroid dienone is 1. The zero-order chi connectivity index (χ0) is 11.3. The number of sulfonamides is 1. The van der Waals surface area contributed by atoms with E-state index in [1.54, 1.807) is 10.4 Å². The Bertz CT molecular complexity index is 301. The summed E-state index contributed by atoms with van der Waals surface area (Å²) in [7, 11) is -1.22. The van der Waals surface area contributed by atoms with Gasteiger partial charge in [0.05, 0.1) is 5.75 Å². The summed E-state index contributed by atoms with van der Waals surface area (Å²) >= 11 is 0. The van der Waals surface area contributed by atoms with Crippen molar-refractivity contribution in [1.29, 1.82) is 0 Å². The molecule has 1 saturated heterocycles. The molecule has 15 heavy (non-hydrogen) atoms. The van der Waals surface area contributed by atoms with Crippen LogP contribution in [0.1, 0.15) is 19.3 Å². The van der Waals surface area contributed by atoms with Crippen molar-refractivity contribution in [3.05, 3.63) is 12.7 Å². The largest absolute Gasteiger partial charge is 0.318 e. The lowest BCUT2D eigenvalue weighted by atomic mass is 10.2. The molecule has 0 aromatic heterocycles. The molecule has 0 saturated carbocycles. The predicted molar refractivity (Wildman–Crippen MR) is 62.3 cm³/mol. The second-order valence-electron chi connectivity index (χ2n) is 3.86. The van der Waals surface area contributed by atoms with Gasteiger partial charge in [-0.1, -0.05) is 6.08 Å². The zero-order valence-electron chi connectivity index (χ0n) is 9.28. The number of nitrogens with one attached hydrogen (secondary N) is 1. The van der Waals surface area contributed by atoms with Crippen LogP contribution in [0.4, 0.5) is 0 Å². The molecule has 0 aliphatic carbocycles. The van der Waals surface area contributed by atoms with E-state index >= 15 is 0 Å². The first-order valence-corrected chi connectivity index (χ1v) is 6.97. The van der Waals surface area contributed by atoms with E-state index in [1.165, 1.54) is 0 Å². The molecule has 88 valence electrons. The number of rotatable bonds is 6. The Morgan fingerprint density at radius 2 is 2.33 bits per heavy atom. The molecule has 1 aliphatic heterocycles. The van der Waals surface area contributed by atoms with Gasteiger partial charge in [-0.25, -0.2) is 8.42 Å². The fourth-order valence-electron chi connectivity index (χ4n) is 1.96. The van der Waals surface area contributed by atoms with Gasteiger partial charge in [-0.05, 0) is 26.3 Å². The van der Waals surface area contributed by atoms with Crippen LogP contribution in [0.15, 0.2) is 12.7 Å². The lowest BCUT2D eigenvalue weighted by Crippen LogP contribution is -2.41. The van der Waals surface area contributed by atoms with Crippen LogP contribution in [0, 0.1) is 0 Å². The van der Waals surface area contributed by atoms with E-state index in [0.29, 0.717) is 13.0 Å². The molecule has 0 amide bonds. The monoisotopic (exact) mass is 232 g/mol. The van der Waals surface area contributed by atoms with E-state index < -0.39 is 10.0 Å². The van der Waals surface area contributed by atoms with Gasteiger partial charge in [-0.2, -0.15) is 4.31 Å². The van der Waals surface area contributed by atoms with Crippen molar-refractivity contribution in [2.75, 3.05) is 25.9 Å². The summed E-state index contributed by atoms with van der Waals surface area (Å²) in [5.74, 6) is 0.191. The van der Waals surface area contributed by atoms with Crippen molar-refractivity contribution in [3.8, 4) is 0 Å². The normalized spacial score (nSPS) is 23.1. The second kappa shape index (κ2) is 5.63. The highest BCUT2D eigenvalue weighted by atomic mass is 32.2. The molecule has 1 N–H and O–H groups in total. The standard InChI is InChI=1S/C10H20N2O2S/c1-3-4-8-15(13,14)12-7-5-6-10(12)9-11-2/h3,10-11H,1,4-9H2,2H3. The van der Waals surface area contributed by atoms with Crippen LogP contribution in [-0.4, -0.2) is 44.7 Å². The minimum Gasteiger partial charge on any atom is -0.318 e. The van der Waals surface area contributed by atoms with Crippen LogP contribution in [0.3, 0.4) is 0 Å². The number of hydrogen-bond donors (Lipinski definition) is 1. The third kappa shape index (κ3) is 3.29. The summed E-state index contributed by atoms with van der Waals surface area (Å²) in [6.45, 7) is 4.97. The topological polar surface area (TPSA) is 49.4 Å². The Labute approximate surface area is 92.4 Å². The first-order chi connectivity index (χ1) is 7.11. The predicted octanol–water partition coefficient (Wildman–Crippen LogP) is 0.576. The molecule has 4 nitrogen and oxygen atoms in total. The van der Waals surface area contributed by atoms with E-state index in [2.05, 4.69) is 11.9 Å². The summed E-state index contributed by atoms with van der Waals surface area (Å²) < 4.78 is 25.5. The van der Waals surface area contributed by atoms with Crippen molar-refractivity contribution in [3.63, 3.8) is 0 Å². The molecule has 1 heterocycles. The van der Waals surface area contributed by atoms with Crippen molar-refractivity contribution in [2.45, 2.75) is 25.3 Å². The molecule has 0 aromatic carbocycles. The minimum absolute atomic E-state index is 0.143. The van der Waals surface area contributed by atoms with E-state index in [-0.39, 0.29) is 11.8 Å². The smallest absolute Gasteiger partial charge is 0.214 e. The van der Waals surface area contributed by atoms with Gasteiger partial charge in [-0.3, -0.25) is 0 Å². The highest BCUT2D eigenvalue weighted by Gasteiger charge is 2.32. The lowest BCUT2D eigenvalue weighted by molar-refractivity contribution is 0.379. The third-order valence-electron chi connectivity index (χ3n) is 2.70. The molecule has 0 spiro atoms. The average molecular weight is 232 g/mol. The SMILES string of the molecule is C=CCCS(=O)(=O)N1CCCC1CNC. The van der Waals surface area contributed by atoms with Crippen molar-refractivity contribution < 1.29 is 8.42 Å². The van der Waals surface area contributed by atoms with Crippen LogP contribution < -0.4 is 5.32 Å².